The monoisotopic (exact) mass is 465 g/mol. The number of carbonyl (C=O) groups is 1. The predicted molar refractivity (Wildman–Crippen MR) is 123 cm³/mol. The van der Waals surface area contributed by atoms with Gasteiger partial charge in [-0.15, -0.1) is 0 Å². The lowest BCUT2D eigenvalue weighted by molar-refractivity contribution is -0.138. The summed E-state index contributed by atoms with van der Waals surface area (Å²) < 4.78 is 30.2. The number of sulfonamides is 1. The van der Waals surface area contributed by atoms with Gasteiger partial charge in [0.15, 0.2) is 0 Å². The number of thiazole rings is 1. The number of nitrogens with zero attached hydrogens (tertiary/aromatic N) is 3. The van der Waals surface area contributed by atoms with Gasteiger partial charge in [0.05, 0.1) is 15.1 Å². The van der Waals surface area contributed by atoms with Crippen molar-refractivity contribution >= 4 is 37.5 Å². The van der Waals surface area contributed by atoms with Gasteiger partial charge in [-0.25, -0.2) is 8.42 Å². The first kappa shape index (κ1) is 22.5. The van der Waals surface area contributed by atoms with Crippen molar-refractivity contribution in [3.8, 4) is 0 Å². The fourth-order valence-corrected chi connectivity index (χ4v) is 7.50. The minimum atomic E-state index is -3.65. The number of benzene rings is 1. The maximum Gasteiger partial charge on any atom is 0.308 e. The lowest BCUT2D eigenvalue weighted by Crippen LogP contribution is -2.46. The molecule has 9 heteroatoms. The average molecular weight is 466 g/mol. The standard InChI is InChI=1S/C22H31N3O4S2/c1-3-25-19-10-9-18(15-20(19)30-22(25)27)31(28,29)24-13-11-16(12-14-24)21(26)23(2)17-7-5-4-6-8-17/h9-10,15-17H,3-8,11-14H2,1-2H3. The van der Waals surface area contributed by atoms with Crippen molar-refractivity contribution in [2.75, 3.05) is 20.1 Å². The van der Waals surface area contributed by atoms with Crippen LogP contribution in [0.4, 0.5) is 0 Å². The molecule has 4 rings (SSSR count). The maximum absolute atomic E-state index is 13.2. The van der Waals surface area contributed by atoms with Crippen molar-refractivity contribution in [2.45, 2.75) is 69.4 Å². The van der Waals surface area contributed by atoms with E-state index < -0.39 is 10.0 Å². The van der Waals surface area contributed by atoms with Crippen LogP contribution in [0, 0.1) is 5.92 Å². The highest BCUT2D eigenvalue weighted by Gasteiger charge is 2.35. The van der Waals surface area contributed by atoms with Crippen LogP contribution in [0.5, 0.6) is 0 Å². The van der Waals surface area contributed by atoms with Gasteiger partial charge in [-0.3, -0.25) is 14.2 Å². The molecule has 0 bridgehead atoms. The smallest absolute Gasteiger partial charge is 0.308 e. The molecule has 31 heavy (non-hydrogen) atoms. The summed E-state index contributed by atoms with van der Waals surface area (Å²) in [5, 5.41) is 0. The van der Waals surface area contributed by atoms with E-state index in [1.54, 1.807) is 22.8 Å². The summed E-state index contributed by atoms with van der Waals surface area (Å²) in [4.78, 5) is 27.1. The van der Waals surface area contributed by atoms with Crippen molar-refractivity contribution in [1.29, 1.82) is 0 Å². The van der Waals surface area contributed by atoms with Gasteiger partial charge in [-0.05, 0) is 50.8 Å². The molecule has 2 aliphatic rings. The van der Waals surface area contributed by atoms with Gasteiger partial charge in [0, 0.05) is 38.6 Å². The quantitative estimate of drug-likeness (QED) is 0.679. The Balaban J connectivity index is 1.44. The summed E-state index contributed by atoms with van der Waals surface area (Å²) in [5.41, 5.74) is 0.770. The van der Waals surface area contributed by atoms with Gasteiger partial charge in [0.25, 0.3) is 0 Å². The zero-order valence-corrected chi connectivity index (χ0v) is 19.9. The first-order valence-corrected chi connectivity index (χ1v) is 13.5. The normalized spacial score (nSPS) is 19.7. The summed E-state index contributed by atoms with van der Waals surface area (Å²) in [6.07, 6.45) is 6.86. The number of aryl methyl sites for hydroxylation is 1. The topological polar surface area (TPSA) is 79.7 Å². The van der Waals surface area contributed by atoms with Crippen LogP contribution in [-0.2, 0) is 21.4 Å². The fourth-order valence-electron chi connectivity index (χ4n) is 4.94. The summed E-state index contributed by atoms with van der Waals surface area (Å²) in [5.74, 6) is 0.0562. The lowest BCUT2D eigenvalue weighted by Gasteiger charge is -2.36. The van der Waals surface area contributed by atoms with Gasteiger partial charge in [-0.1, -0.05) is 30.6 Å². The van der Waals surface area contributed by atoms with Crippen molar-refractivity contribution < 1.29 is 13.2 Å². The molecule has 0 N–H and O–H groups in total. The van der Waals surface area contributed by atoms with Crippen LogP contribution in [0.3, 0.4) is 0 Å². The Morgan fingerprint density at radius 1 is 1.13 bits per heavy atom. The van der Waals surface area contributed by atoms with Crippen LogP contribution >= 0.6 is 11.3 Å². The van der Waals surface area contributed by atoms with E-state index in [4.69, 9.17) is 0 Å². The maximum atomic E-state index is 13.2. The number of rotatable bonds is 5. The Kier molecular flexibility index (Phi) is 6.55. The van der Waals surface area contributed by atoms with Gasteiger partial charge in [0.1, 0.15) is 0 Å². The molecular weight excluding hydrogens is 434 g/mol. The first-order valence-electron chi connectivity index (χ1n) is 11.2. The van der Waals surface area contributed by atoms with E-state index in [-0.39, 0.29) is 21.6 Å². The third kappa shape index (κ3) is 4.32. The number of carbonyl (C=O) groups excluding carboxylic acids is 1. The van der Waals surface area contributed by atoms with Crippen molar-refractivity contribution in [3.05, 3.63) is 27.9 Å². The molecule has 0 radical (unpaired) electrons. The second-order valence-electron chi connectivity index (χ2n) is 8.66. The molecule has 7 nitrogen and oxygen atoms in total. The van der Waals surface area contributed by atoms with E-state index in [0.717, 1.165) is 29.7 Å². The zero-order valence-electron chi connectivity index (χ0n) is 18.2. The van der Waals surface area contributed by atoms with E-state index in [1.807, 2.05) is 18.9 Å². The highest BCUT2D eigenvalue weighted by atomic mass is 32.2. The van der Waals surface area contributed by atoms with Crippen LogP contribution in [0.15, 0.2) is 27.9 Å². The molecule has 1 saturated heterocycles. The second-order valence-corrected chi connectivity index (χ2v) is 11.6. The van der Waals surface area contributed by atoms with Gasteiger partial charge in [-0.2, -0.15) is 4.31 Å². The summed E-state index contributed by atoms with van der Waals surface area (Å²) in [6.45, 7) is 3.15. The highest BCUT2D eigenvalue weighted by Crippen LogP contribution is 2.29. The molecule has 1 saturated carbocycles. The number of aromatic nitrogens is 1. The van der Waals surface area contributed by atoms with Crippen molar-refractivity contribution in [3.63, 3.8) is 0 Å². The molecule has 1 aliphatic carbocycles. The van der Waals surface area contributed by atoms with Gasteiger partial charge >= 0.3 is 4.87 Å². The SMILES string of the molecule is CCn1c(=O)sc2cc(S(=O)(=O)N3CCC(C(=O)N(C)C4CCCCC4)CC3)ccc21. The van der Waals surface area contributed by atoms with Crippen molar-refractivity contribution in [2.24, 2.45) is 5.92 Å². The van der Waals surface area contributed by atoms with Crippen LogP contribution in [0.2, 0.25) is 0 Å². The lowest BCUT2D eigenvalue weighted by atomic mass is 9.91. The van der Waals surface area contributed by atoms with E-state index in [1.165, 1.54) is 23.6 Å². The first-order chi connectivity index (χ1) is 14.8. The molecule has 1 aromatic heterocycles. The molecule has 0 unspecified atom stereocenters. The van der Waals surface area contributed by atoms with Crippen LogP contribution < -0.4 is 4.87 Å². The zero-order chi connectivity index (χ0) is 22.2. The molecule has 1 aliphatic heterocycles. The Morgan fingerprint density at radius 3 is 2.45 bits per heavy atom. The number of amides is 1. The largest absolute Gasteiger partial charge is 0.343 e. The van der Waals surface area contributed by atoms with E-state index in [9.17, 15) is 18.0 Å². The second kappa shape index (κ2) is 9.03. The molecule has 2 aromatic rings. The Morgan fingerprint density at radius 2 is 1.81 bits per heavy atom. The predicted octanol–water partition coefficient (Wildman–Crippen LogP) is 3.27. The van der Waals surface area contributed by atoms with Crippen LogP contribution in [-0.4, -0.2) is 54.3 Å². The molecule has 1 aromatic carbocycles. The molecule has 170 valence electrons. The summed E-state index contributed by atoms with van der Waals surface area (Å²) in [7, 11) is -1.74. The van der Waals surface area contributed by atoms with E-state index >= 15 is 0 Å². The highest BCUT2D eigenvalue weighted by molar-refractivity contribution is 7.89. The van der Waals surface area contributed by atoms with E-state index in [2.05, 4.69) is 0 Å². The number of hydrogen-bond donors (Lipinski definition) is 0. The molecule has 0 spiro atoms. The molecule has 1 amide bonds. The Bertz CT molecular complexity index is 1110. The molecule has 0 atom stereocenters. The van der Waals surface area contributed by atoms with Crippen LogP contribution in [0.1, 0.15) is 51.9 Å². The number of fused-ring (bicyclic) bond motifs is 1. The van der Waals surface area contributed by atoms with E-state index in [0.29, 0.717) is 43.2 Å². The number of hydrogen-bond acceptors (Lipinski definition) is 5. The molecular formula is C22H31N3O4S2. The average Bonchev–Trinajstić information content (AvgIpc) is 3.12. The van der Waals surface area contributed by atoms with Crippen molar-refractivity contribution in [1.82, 2.24) is 13.8 Å². The van der Waals surface area contributed by atoms with Crippen LogP contribution in [0.25, 0.3) is 10.2 Å². The fraction of sp³-hybridized carbons (Fsp3) is 0.636. The summed E-state index contributed by atoms with van der Waals surface area (Å²) in [6, 6.07) is 5.25. The Labute approximate surface area is 187 Å². The minimum absolute atomic E-state index is 0.0755. The number of piperidine rings is 1. The van der Waals surface area contributed by atoms with Gasteiger partial charge in [0.2, 0.25) is 15.9 Å². The van der Waals surface area contributed by atoms with Gasteiger partial charge < -0.3 is 4.90 Å². The third-order valence-electron chi connectivity index (χ3n) is 6.87. The molecule has 2 heterocycles. The minimum Gasteiger partial charge on any atom is -0.343 e. The third-order valence-corrected chi connectivity index (χ3v) is 9.70. The molecule has 2 fully saturated rings. The Hall–Kier alpha value is -1.71. The summed E-state index contributed by atoms with van der Waals surface area (Å²) >= 11 is 1.08.